The maximum atomic E-state index is 11.8. The second-order valence-corrected chi connectivity index (χ2v) is 8.27. The Hall–Kier alpha value is -2.70. The summed E-state index contributed by atoms with van der Waals surface area (Å²) >= 11 is 0. The van der Waals surface area contributed by atoms with Gasteiger partial charge in [0.2, 0.25) is 0 Å². The molecule has 7 nitrogen and oxygen atoms in total. The molecular formula is C20H28N2O5. The fourth-order valence-electron chi connectivity index (χ4n) is 2.41. The predicted octanol–water partition coefficient (Wildman–Crippen LogP) is 4.55. The van der Waals surface area contributed by atoms with E-state index in [-0.39, 0.29) is 0 Å². The van der Waals surface area contributed by atoms with Crippen molar-refractivity contribution >= 4 is 23.2 Å². The molecule has 0 radical (unpaired) electrons. The van der Waals surface area contributed by atoms with Crippen molar-refractivity contribution in [1.29, 1.82) is 0 Å². The van der Waals surface area contributed by atoms with E-state index in [9.17, 15) is 9.59 Å². The Labute approximate surface area is 159 Å². The summed E-state index contributed by atoms with van der Waals surface area (Å²) in [4.78, 5) is 26.7. The summed E-state index contributed by atoms with van der Waals surface area (Å²) < 4.78 is 15.6. The molecule has 1 aromatic carbocycles. The largest absolute Gasteiger partial charge is 0.514 e. The summed E-state index contributed by atoms with van der Waals surface area (Å²) in [7, 11) is 0. The fraction of sp³-hybridized carbons (Fsp3) is 0.500. The number of benzene rings is 1. The maximum absolute atomic E-state index is 11.8. The number of amides is 1. The molecule has 0 bridgehead atoms. The number of hydrogen-bond acceptors (Lipinski definition) is 5. The molecule has 0 spiro atoms. The molecule has 2 rings (SSSR count). The standard InChI is InChI=1S/C20H28N2O5/c1-19(2,3)26-17(23)21-10-9-13-12-22-16-8-7-14(11-15(13)16)25-18(24)27-20(4,5)6/h7-8,11-12,22H,9-10H2,1-6H3,(H,21,23). The highest BCUT2D eigenvalue weighted by Crippen LogP contribution is 2.25. The third-order valence-corrected chi connectivity index (χ3v) is 3.39. The minimum Gasteiger partial charge on any atom is -0.444 e. The predicted molar refractivity (Wildman–Crippen MR) is 103 cm³/mol. The van der Waals surface area contributed by atoms with Crippen molar-refractivity contribution in [3.63, 3.8) is 0 Å². The summed E-state index contributed by atoms with van der Waals surface area (Å²) in [6, 6.07) is 5.31. The molecule has 7 heteroatoms. The fourth-order valence-corrected chi connectivity index (χ4v) is 2.41. The molecule has 1 aromatic heterocycles. The van der Waals surface area contributed by atoms with Crippen molar-refractivity contribution in [1.82, 2.24) is 10.3 Å². The van der Waals surface area contributed by atoms with Crippen LogP contribution in [0.4, 0.5) is 9.59 Å². The quantitative estimate of drug-likeness (QED) is 0.603. The number of aromatic amines is 1. The van der Waals surface area contributed by atoms with Gasteiger partial charge in [-0.25, -0.2) is 9.59 Å². The molecule has 0 saturated carbocycles. The van der Waals surface area contributed by atoms with Gasteiger partial charge in [-0.15, -0.1) is 0 Å². The summed E-state index contributed by atoms with van der Waals surface area (Å²) in [5.74, 6) is 0.401. The second kappa shape index (κ2) is 7.90. The molecule has 148 valence electrons. The Morgan fingerprint density at radius 3 is 2.33 bits per heavy atom. The lowest BCUT2D eigenvalue weighted by molar-refractivity contribution is 0.0206. The molecular weight excluding hydrogens is 348 g/mol. The molecule has 0 aliphatic heterocycles. The van der Waals surface area contributed by atoms with E-state index in [1.54, 1.807) is 32.9 Å². The van der Waals surface area contributed by atoms with E-state index in [2.05, 4.69) is 10.3 Å². The number of aromatic nitrogens is 1. The molecule has 0 atom stereocenters. The van der Waals surface area contributed by atoms with Gasteiger partial charge in [0.25, 0.3) is 0 Å². The van der Waals surface area contributed by atoms with Crippen LogP contribution in [0.1, 0.15) is 47.1 Å². The normalized spacial score (nSPS) is 11.9. The Balaban J connectivity index is 2.00. The van der Waals surface area contributed by atoms with Gasteiger partial charge >= 0.3 is 12.2 Å². The van der Waals surface area contributed by atoms with E-state index in [4.69, 9.17) is 14.2 Å². The average Bonchev–Trinajstić information content (AvgIpc) is 2.86. The number of carbonyl (C=O) groups excluding carboxylic acids is 2. The Morgan fingerprint density at radius 1 is 1.04 bits per heavy atom. The van der Waals surface area contributed by atoms with Crippen LogP contribution in [0.15, 0.2) is 24.4 Å². The SMILES string of the molecule is CC(C)(C)OC(=O)NCCc1c[nH]c2ccc(OC(=O)OC(C)(C)C)cc12. The van der Waals surface area contributed by atoms with Crippen LogP contribution in [-0.4, -0.2) is 35.0 Å². The molecule has 0 fully saturated rings. The summed E-state index contributed by atoms with van der Waals surface area (Å²) in [6.07, 6.45) is 1.29. The van der Waals surface area contributed by atoms with E-state index in [1.165, 1.54) is 0 Å². The van der Waals surface area contributed by atoms with E-state index >= 15 is 0 Å². The molecule has 0 aliphatic carbocycles. The zero-order valence-corrected chi connectivity index (χ0v) is 16.8. The first-order valence-electron chi connectivity index (χ1n) is 8.91. The van der Waals surface area contributed by atoms with Crippen molar-refractivity contribution in [3.05, 3.63) is 30.0 Å². The Kier molecular flexibility index (Phi) is 6.03. The minimum atomic E-state index is -0.745. The number of nitrogens with one attached hydrogen (secondary N) is 2. The van der Waals surface area contributed by atoms with Crippen LogP contribution in [0.3, 0.4) is 0 Å². The van der Waals surface area contributed by atoms with Gasteiger partial charge in [0.05, 0.1) is 0 Å². The van der Waals surface area contributed by atoms with Gasteiger partial charge in [-0.05, 0) is 71.7 Å². The average molecular weight is 376 g/mol. The van der Waals surface area contributed by atoms with Crippen molar-refractivity contribution < 1.29 is 23.8 Å². The molecule has 1 heterocycles. The van der Waals surface area contributed by atoms with Crippen LogP contribution in [-0.2, 0) is 15.9 Å². The van der Waals surface area contributed by atoms with Crippen LogP contribution in [0.25, 0.3) is 10.9 Å². The van der Waals surface area contributed by atoms with Gasteiger partial charge in [-0.3, -0.25) is 0 Å². The van der Waals surface area contributed by atoms with E-state index in [0.717, 1.165) is 16.5 Å². The van der Waals surface area contributed by atoms with Crippen LogP contribution >= 0.6 is 0 Å². The number of hydrogen-bond donors (Lipinski definition) is 2. The number of H-pyrrole nitrogens is 1. The van der Waals surface area contributed by atoms with Gasteiger partial charge in [0, 0.05) is 23.6 Å². The number of rotatable bonds is 4. The second-order valence-electron chi connectivity index (χ2n) is 8.27. The number of alkyl carbamates (subject to hydrolysis) is 1. The lowest BCUT2D eigenvalue weighted by Crippen LogP contribution is -2.33. The third-order valence-electron chi connectivity index (χ3n) is 3.39. The molecule has 2 aromatic rings. The zero-order chi connectivity index (χ0) is 20.2. The smallest absolute Gasteiger partial charge is 0.444 e. The summed E-state index contributed by atoms with van der Waals surface area (Å²) in [5.41, 5.74) is 0.765. The van der Waals surface area contributed by atoms with Crippen LogP contribution in [0.2, 0.25) is 0 Å². The van der Waals surface area contributed by atoms with Crippen LogP contribution < -0.4 is 10.1 Å². The monoisotopic (exact) mass is 376 g/mol. The lowest BCUT2D eigenvalue weighted by atomic mass is 10.1. The van der Waals surface area contributed by atoms with Crippen LogP contribution in [0.5, 0.6) is 5.75 Å². The van der Waals surface area contributed by atoms with E-state index < -0.39 is 23.5 Å². The number of carbonyl (C=O) groups is 2. The van der Waals surface area contributed by atoms with Gasteiger partial charge in [0.1, 0.15) is 17.0 Å². The molecule has 27 heavy (non-hydrogen) atoms. The van der Waals surface area contributed by atoms with Crippen LogP contribution in [0, 0.1) is 0 Å². The number of ether oxygens (including phenoxy) is 3. The molecule has 0 unspecified atom stereocenters. The minimum absolute atomic E-state index is 0.401. The molecule has 2 N–H and O–H groups in total. The lowest BCUT2D eigenvalue weighted by Gasteiger charge is -2.19. The topological polar surface area (TPSA) is 89.6 Å². The van der Waals surface area contributed by atoms with Gasteiger partial charge in [0.15, 0.2) is 0 Å². The summed E-state index contributed by atoms with van der Waals surface area (Å²) in [5, 5.41) is 3.65. The first-order valence-corrected chi connectivity index (χ1v) is 8.91. The Morgan fingerprint density at radius 2 is 1.70 bits per heavy atom. The van der Waals surface area contributed by atoms with Crippen molar-refractivity contribution in [2.24, 2.45) is 0 Å². The maximum Gasteiger partial charge on any atom is 0.514 e. The molecule has 0 saturated heterocycles. The molecule has 1 amide bonds. The zero-order valence-electron chi connectivity index (χ0n) is 16.8. The van der Waals surface area contributed by atoms with E-state index in [0.29, 0.717) is 18.7 Å². The number of fused-ring (bicyclic) bond motifs is 1. The molecule has 0 aliphatic rings. The van der Waals surface area contributed by atoms with Crippen molar-refractivity contribution in [3.8, 4) is 5.75 Å². The van der Waals surface area contributed by atoms with Gasteiger partial charge in [-0.2, -0.15) is 0 Å². The van der Waals surface area contributed by atoms with Crippen molar-refractivity contribution in [2.45, 2.75) is 59.2 Å². The van der Waals surface area contributed by atoms with Gasteiger partial charge < -0.3 is 24.5 Å². The highest BCUT2D eigenvalue weighted by molar-refractivity contribution is 5.85. The highest BCUT2D eigenvalue weighted by Gasteiger charge is 2.19. The first kappa shape index (κ1) is 20.6. The Bertz CT molecular complexity index is 812. The first-order chi connectivity index (χ1) is 12.4. The third kappa shape index (κ3) is 6.84. The van der Waals surface area contributed by atoms with Gasteiger partial charge in [-0.1, -0.05) is 0 Å². The highest BCUT2D eigenvalue weighted by atomic mass is 16.7. The summed E-state index contributed by atoms with van der Waals surface area (Å²) in [6.45, 7) is 11.2. The van der Waals surface area contributed by atoms with E-state index in [1.807, 2.05) is 33.0 Å². The van der Waals surface area contributed by atoms with Crippen molar-refractivity contribution in [2.75, 3.05) is 6.54 Å².